The molecule has 0 unspecified atom stereocenters. The SMILES string of the molecule is FC(F)COCCc1nc2c(c(C3CC3)n1)CNC2. The number of alkyl halides is 2. The van der Waals surface area contributed by atoms with E-state index in [1.807, 2.05) is 0 Å². The molecule has 0 bridgehead atoms. The van der Waals surface area contributed by atoms with E-state index in [2.05, 4.69) is 15.3 Å². The topological polar surface area (TPSA) is 47.0 Å². The first kappa shape index (κ1) is 12.9. The highest BCUT2D eigenvalue weighted by molar-refractivity contribution is 5.33. The fraction of sp³-hybridized carbons (Fsp3) is 0.692. The van der Waals surface area contributed by atoms with Crippen LogP contribution in [0, 0.1) is 0 Å². The minimum atomic E-state index is -2.41. The van der Waals surface area contributed by atoms with E-state index in [9.17, 15) is 8.78 Å². The molecule has 0 amide bonds. The number of rotatable bonds is 6. The van der Waals surface area contributed by atoms with Crippen LogP contribution in [-0.2, 0) is 24.2 Å². The normalized spacial score (nSPS) is 18.1. The second-order valence-corrected chi connectivity index (χ2v) is 5.04. The second-order valence-electron chi connectivity index (χ2n) is 5.04. The average molecular weight is 269 g/mol. The third-order valence-corrected chi connectivity index (χ3v) is 3.44. The Bertz CT molecular complexity index is 463. The van der Waals surface area contributed by atoms with Gasteiger partial charge in [-0.15, -0.1) is 0 Å². The number of nitrogens with zero attached hydrogens (tertiary/aromatic N) is 2. The second kappa shape index (κ2) is 5.46. The molecule has 1 aliphatic heterocycles. The zero-order valence-electron chi connectivity index (χ0n) is 10.7. The molecule has 2 aliphatic rings. The number of fused-ring (bicyclic) bond motifs is 1. The van der Waals surface area contributed by atoms with E-state index in [0.717, 1.165) is 24.6 Å². The molecule has 0 saturated heterocycles. The molecule has 0 radical (unpaired) electrons. The Hall–Kier alpha value is -1.14. The molecule has 19 heavy (non-hydrogen) atoms. The fourth-order valence-electron chi connectivity index (χ4n) is 2.39. The van der Waals surface area contributed by atoms with Crippen molar-refractivity contribution in [3.63, 3.8) is 0 Å². The van der Waals surface area contributed by atoms with Gasteiger partial charge in [-0.1, -0.05) is 0 Å². The first-order chi connectivity index (χ1) is 9.24. The van der Waals surface area contributed by atoms with Gasteiger partial charge < -0.3 is 10.1 Å². The Labute approximate surface area is 110 Å². The van der Waals surface area contributed by atoms with Crippen LogP contribution in [-0.4, -0.2) is 29.6 Å². The van der Waals surface area contributed by atoms with Crippen molar-refractivity contribution in [2.45, 2.75) is 44.7 Å². The van der Waals surface area contributed by atoms with Crippen LogP contribution in [0.1, 0.15) is 41.5 Å². The summed E-state index contributed by atoms with van der Waals surface area (Å²) < 4.78 is 28.8. The molecule has 1 fully saturated rings. The van der Waals surface area contributed by atoms with Crippen LogP contribution in [0.4, 0.5) is 8.78 Å². The van der Waals surface area contributed by atoms with E-state index in [1.165, 1.54) is 24.1 Å². The zero-order chi connectivity index (χ0) is 13.2. The number of ether oxygens (including phenoxy) is 1. The van der Waals surface area contributed by atoms with Crippen molar-refractivity contribution in [3.8, 4) is 0 Å². The molecule has 4 nitrogen and oxygen atoms in total. The van der Waals surface area contributed by atoms with E-state index in [0.29, 0.717) is 12.3 Å². The Morgan fingerprint density at radius 3 is 2.84 bits per heavy atom. The largest absolute Gasteiger partial charge is 0.375 e. The van der Waals surface area contributed by atoms with Gasteiger partial charge >= 0.3 is 0 Å². The van der Waals surface area contributed by atoms with Crippen molar-refractivity contribution in [3.05, 3.63) is 22.8 Å². The highest BCUT2D eigenvalue weighted by Crippen LogP contribution is 2.41. The van der Waals surface area contributed by atoms with Gasteiger partial charge in [0.2, 0.25) is 0 Å². The van der Waals surface area contributed by atoms with Gasteiger partial charge in [0.05, 0.1) is 18.0 Å². The summed E-state index contributed by atoms with van der Waals surface area (Å²) in [4.78, 5) is 9.10. The maximum Gasteiger partial charge on any atom is 0.261 e. The molecule has 0 aromatic carbocycles. The molecule has 3 rings (SSSR count). The average Bonchev–Trinajstić information content (AvgIpc) is 3.12. The highest BCUT2D eigenvalue weighted by Gasteiger charge is 2.31. The number of nitrogens with one attached hydrogen (secondary N) is 1. The molecule has 104 valence electrons. The van der Waals surface area contributed by atoms with Crippen molar-refractivity contribution >= 4 is 0 Å². The molecule has 1 saturated carbocycles. The zero-order valence-corrected chi connectivity index (χ0v) is 10.7. The Morgan fingerprint density at radius 2 is 2.11 bits per heavy atom. The summed E-state index contributed by atoms with van der Waals surface area (Å²) in [6.07, 6.45) is 0.488. The minimum Gasteiger partial charge on any atom is -0.375 e. The maximum atomic E-state index is 12.0. The first-order valence-corrected chi connectivity index (χ1v) is 6.69. The van der Waals surface area contributed by atoms with Crippen LogP contribution < -0.4 is 5.32 Å². The summed E-state index contributed by atoms with van der Waals surface area (Å²) in [5.74, 6) is 1.30. The Kier molecular flexibility index (Phi) is 3.70. The maximum absolute atomic E-state index is 12.0. The molecular weight excluding hydrogens is 252 g/mol. The lowest BCUT2D eigenvalue weighted by molar-refractivity contribution is 0.0182. The van der Waals surface area contributed by atoms with Gasteiger partial charge in [0.1, 0.15) is 12.4 Å². The number of halogens is 2. The number of hydrogen-bond donors (Lipinski definition) is 1. The fourth-order valence-corrected chi connectivity index (χ4v) is 2.39. The van der Waals surface area contributed by atoms with Crippen LogP contribution in [0.15, 0.2) is 0 Å². The van der Waals surface area contributed by atoms with Crippen LogP contribution in [0.5, 0.6) is 0 Å². The molecule has 1 N–H and O–H groups in total. The van der Waals surface area contributed by atoms with Crippen LogP contribution in [0.3, 0.4) is 0 Å². The van der Waals surface area contributed by atoms with Crippen molar-refractivity contribution in [1.29, 1.82) is 0 Å². The van der Waals surface area contributed by atoms with E-state index in [1.54, 1.807) is 0 Å². The van der Waals surface area contributed by atoms with E-state index >= 15 is 0 Å². The lowest BCUT2D eigenvalue weighted by Gasteiger charge is -2.09. The van der Waals surface area contributed by atoms with Gasteiger partial charge in [-0.3, -0.25) is 0 Å². The molecular formula is C13H17F2N3O. The van der Waals surface area contributed by atoms with Crippen molar-refractivity contribution in [2.75, 3.05) is 13.2 Å². The minimum absolute atomic E-state index is 0.251. The van der Waals surface area contributed by atoms with Crippen LogP contribution >= 0.6 is 0 Å². The van der Waals surface area contributed by atoms with Gasteiger partial charge in [-0.2, -0.15) is 0 Å². The summed E-state index contributed by atoms with van der Waals surface area (Å²) in [6, 6.07) is 0. The molecule has 1 aromatic heterocycles. The molecule has 1 aliphatic carbocycles. The van der Waals surface area contributed by atoms with Crippen molar-refractivity contribution in [1.82, 2.24) is 15.3 Å². The predicted molar refractivity (Wildman–Crippen MR) is 65.1 cm³/mol. The highest BCUT2D eigenvalue weighted by atomic mass is 19.3. The van der Waals surface area contributed by atoms with Crippen LogP contribution in [0.25, 0.3) is 0 Å². The van der Waals surface area contributed by atoms with Gasteiger partial charge in [-0.25, -0.2) is 18.7 Å². The van der Waals surface area contributed by atoms with E-state index in [-0.39, 0.29) is 6.61 Å². The predicted octanol–water partition coefficient (Wildman–Crippen LogP) is 1.78. The van der Waals surface area contributed by atoms with Crippen molar-refractivity contribution < 1.29 is 13.5 Å². The van der Waals surface area contributed by atoms with Crippen LogP contribution in [0.2, 0.25) is 0 Å². The van der Waals surface area contributed by atoms with Gasteiger partial charge in [0.25, 0.3) is 6.43 Å². The number of aromatic nitrogens is 2. The lowest BCUT2D eigenvalue weighted by atomic mass is 10.1. The standard InChI is InChI=1S/C13H17F2N3O/c14-11(15)7-19-4-3-12-17-10-6-16-5-9(10)13(18-12)8-1-2-8/h8,11,16H,1-7H2. The third-order valence-electron chi connectivity index (χ3n) is 3.44. The van der Waals surface area contributed by atoms with E-state index in [4.69, 9.17) is 4.74 Å². The van der Waals surface area contributed by atoms with Crippen molar-refractivity contribution in [2.24, 2.45) is 0 Å². The Morgan fingerprint density at radius 1 is 1.26 bits per heavy atom. The smallest absolute Gasteiger partial charge is 0.261 e. The van der Waals surface area contributed by atoms with Gasteiger partial charge in [0.15, 0.2) is 0 Å². The summed E-state index contributed by atoms with van der Waals surface area (Å²) in [7, 11) is 0. The number of hydrogen-bond acceptors (Lipinski definition) is 4. The molecule has 1 aromatic rings. The quantitative estimate of drug-likeness (QED) is 0.800. The van der Waals surface area contributed by atoms with Gasteiger partial charge in [-0.05, 0) is 12.8 Å². The summed E-state index contributed by atoms with van der Waals surface area (Å²) in [6.45, 7) is 1.37. The van der Waals surface area contributed by atoms with Gasteiger partial charge in [0, 0.05) is 31.0 Å². The summed E-state index contributed by atoms with van der Waals surface area (Å²) in [5, 5.41) is 3.29. The molecule has 2 heterocycles. The first-order valence-electron chi connectivity index (χ1n) is 6.69. The lowest BCUT2D eigenvalue weighted by Crippen LogP contribution is -2.11. The summed E-state index contributed by atoms with van der Waals surface area (Å²) in [5.41, 5.74) is 3.49. The molecule has 0 spiro atoms. The third kappa shape index (κ3) is 3.06. The Balaban J connectivity index is 1.66. The molecule has 6 heteroatoms. The molecule has 0 atom stereocenters. The monoisotopic (exact) mass is 269 g/mol. The summed E-state index contributed by atoms with van der Waals surface area (Å²) >= 11 is 0. The van der Waals surface area contributed by atoms with E-state index < -0.39 is 13.0 Å².